The number of aromatic nitrogens is 2. The van der Waals surface area contributed by atoms with Crippen LogP contribution in [0.1, 0.15) is 46.3 Å². The van der Waals surface area contributed by atoms with Crippen molar-refractivity contribution >= 4 is 24.5 Å². The summed E-state index contributed by atoms with van der Waals surface area (Å²) in [5, 5.41) is 14.2. The van der Waals surface area contributed by atoms with Crippen LogP contribution in [0.15, 0.2) is 58.3 Å². The monoisotopic (exact) mass is 657 g/mol. The lowest BCUT2D eigenvalue weighted by atomic mass is 10.1. The Balaban J connectivity index is 1.64. The molecule has 0 aliphatic carbocycles. The minimum absolute atomic E-state index is 0.0180. The average molecular weight is 658 g/mol. The van der Waals surface area contributed by atoms with Gasteiger partial charge in [0.25, 0.3) is 12.0 Å². The molecule has 1 aliphatic rings. The molecule has 4 rings (SSSR count). The van der Waals surface area contributed by atoms with Crippen molar-refractivity contribution in [3.63, 3.8) is 0 Å². The summed E-state index contributed by atoms with van der Waals surface area (Å²) in [5.74, 6) is -2.12. The van der Waals surface area contributed by atoms with Crippen molar-refractivity contribution in [3.8, 4) is 5.75 Å². The standard InChI is InChI=1S/C29H35F3N3O9P/c1-4-17(5-2)15-41-28(38)16(3)34-45(40,43-22-12-8-10-18-9-6-7-11-19(18)22)44-25(26(31)32)24-21(36)13-23(42-24)35-14-20(30)27(37)33-29(35)39/h6-12,14,16-17,21,23-26,36H,4-5,13,15H2,1-3H3,(H,34,40)(H,33,37,39)/t16-,21?,23+,24-,25-,45+/m0/s1. The van der Waals surface area contributed by atoms with Crippen molar-refractivity contribution in [1.82, 2.24) is 14.6 Å². The predicted molar refractivity (Wildman–Crippen MR) is 157 cm³/mol. The van der Waals surface area contributed by atoms with E-state index in [1.54, 1.807) is 41.4 Å². The zero-order valence-electron chi connectivity index (χ0n) is 24.7. The molecule has 45 heavy (non-hydrogen) atoms. The molecule has 3 aromatic rings. The zero-order chi connectivity index (χ0) is 32.9. The SMILES string of the molecule is CCC(CC)COC(=O)[C@H](C)N[P@@](=O)(Oc1cccc2ccccc12)O[C@H](C(F)F)[C@H]1O[C@@H](n2cc(F)c(=O)[nH]c2=O)CC1O. The smallest absolute Gasteiger partial charge is 0.460 e. The molecule has 0 spiro atoms. The first-order valence-corrected chi connectivity index (χ1v) is 15.9. The Bertz CT molecular complexity index is 1640. The second-order valence-electron chi connectivity index (χ2n) is 10.6. The number of hydrogen-bond acceptors (Lipinski definition) is 9. The van der Waals surface area contributed by atoms with E-state index < -0.39 is 74.2 Å². The fraction of sp³-hybridized carbons (Fsp3) is 0.483. The van der Waals surface area contributed by atoms with Crippen LogP contribution in [0, 0.1) is 11.7 Å². The molecule has 0 saturated carbocycles. The minimum Gasteiger partial charge on any atom is -0.464 e. The quantitative estimate of drug-likeness (QED) is 0.169. The van der Waals surface area contributed by atoms with E-state index >= 15 is 0 Å². The first-order chi connectivity index (χ1) is 21.4. The lowest BCUT2D eigenvalue weighted by molar-refractivity contribution is -0.147. The third kappa shape index (κ3) is 8.22. The van der Waals surface area contributed by atoms with E-state index in [-0.39, 0.29) is 18.3 Å². The van der Waals surface area contributed by atoms with Crippen molar-refractivity contribution in [2.45, 2.75) is 77.0 Å². The van der Waals surface area contributed by atoms with Crippen molar-refractivity contribution in [1.29, 1.82) is 0 Å². The summed E-state index contributed by atoms with van der Waals surface area (Å²) in [7, 11) is -4.92. The van der Waals surface area contributed by atoms with Gasteiger partial charge in [0.1, 0.15) is 24.1 Å². The summed E-state index contributed by atoms with van der Waals surface area (Å²) in [6.45, 7) is 5.24. The number of esters is 1. The van der Waals surface area contributed by atoms with Crippen LogP contribution < -0.4 is 20.9 Å². The second kappa shape index (κ2) is 14.7. The van der Waals surface area contributed by atoms with Gasteiger partial charge in [0.05, 0.1) is 18.9 Å². The minimum atomic E-state index is -4.92. The van der Waals surface area contributed by atoms with Crippen LogP contribution in [0.25, 0.3) is 10.8 Å². The molecule has 16 heteroatoms. The molecule has 0 radical (unpaired) electrons. The highest BCUT2D eigenvalue weighted by Crippen LogP contribution is 2.50. The Morgan fingerprint density at radius 3 is 2.56 bits per heavy atom. The number of alkyl halides is 2. The normalized spacial score (nSPS) is 21.1. The molecule has 1 fully saturated rings. The van der Waals surface area contributed by atoms with Gasteiger partial charge < -0.3 is 19.1 Å². The summed E-state index contributed by atoms with van der Waals surface area (Å²) in [4.78, 5) is 38.2. The molecule has 0 amide bonds. The molecular weight excluding hydrogens is 622 g/mol. The number of halogens is 3. The molecule has 3 N–H and O–H groups in total. The molecule has 2 heterocycles. The summed E-state index contributed by atoms with van der Waals surface area (Å²) in [6.07, 6.45) is -9.45. The van der Waals surface area contributed by atoms with E-state index in [9.17, 15) is 37.2 Å². The fourth-order valence-electron chi connectivity index (χ4n) is 4.85. The Morgan fingerprint density at radius 1 is 1.18 bits per heavy atom. The van der Waals surface area contributed by atoms with Crippen molar-refractivity contribution in [2.24, 2.45) is 5.92 Å². The van der Waals surface area contributed by atoms with Crippen LogP contribution in [-0.2, 0) is 23.4 Å². The Morgan fingerprint density at radius 2 is 1.87 bits per heavy atom. The van der Waals surface area contributed by atoms with Crippen molar-refractivity contribution in [2.75, 3.05) is 6.61 Å². The number of nitrogens with zero attached hydrogens (tertiary/aromatic N) is 1. The highest BCUT2D eigenvalue weighted by molar-refractivity contribution is 7.52. The number of carbonyl (C=O) groups excluding carboxylic acids is 1. The highest BCUT2D eigenvalue weighted by atomic mass is 31.2. The van der Waals surface area contributed by atoms with Gasteiger partial charge in [0.2, 0.25) is 5.82 Å². The first kappa shape index (κ1) is 34.4. The van der Waals surface area contributed by atoms with Crippen molar-refractivity contribution < 1.29 is 46.2 Å². The maximum Gasteiger partial charge on any atom is 0.460 e. The van der Waals surface area contributed by atoms with Gasteiger partial charge in [-0.25, -0.2) is 18.1 Å². The van der Waals surface area contributed by atoms with Gasteiger partial charge in [0, 0.05) is 11.8 Å². The largest absolute Gasteiger partial charge is 0.464 e. The number of H-pyrrole nitrogens is 1. The topological polar surface area (TPSA) is 158 Å². The molecule has 1 aliphatic heterocycles. The van der Waals surface area contributed by atoms with Crippen LogP contribution in [0.3, 0.4) is 0 Å². The van der Waals surface area contributed by atoms with Gasteiger partial charge in [-0.1, -0.05) is 63.1 Å². The van der Waals surface area contributed by atoms with Crippen LogP contribution in [-0.4, -0.2) is 58.0 Å². The summed E-state index contributed by atoms with van der Waals surface area (Å²) in [5.41, 5.74) is -2.41. The van der Waals surface area contributed by atoms with Crippen LogP contribution in [0.4, 0.5) is 13.2 Å². The number of rotatable bonds is 14. The fourth-order valence-corrected chi connectivity index (χ4v) is 6.54. The van der Waals surface area contributed by atoms with Gasteiger partial charge in [-0.05, 0) is 24.3 Å². The Kier molecular flexibility index (Phi) is 11.3. The third-order valence-corrected chi connectivity index (χ3v) is 9.15. The number of carbonyl (C=O) groups is 1. The highest BCUT2D eigenvalue weighted by Gasteiger charge is 2.49. The maximum absolute atomic E-state index is 14.6. The van der Waals surface area contributed by atoms with E-state index in [0.29, 0.717) is 21.5 Å². The van der Waals surface area contributed by atoms with E-state index in [4.69, 9.17) is 18.5 Å². The molecule has 0 bridgehead atoms. The lowest BCUT2D eigenvalue weighted by Crippen LogP contribution is -2.44. The first-order valence-electron chi connectivity index (χ1n) is 14.4. The molecular formula is C29H35F3N3O9P. The Hall–Kier alpha value is -3.49. The van der Waals surface area contributed by atoms with E-state index in [1.807, 2.05) is 13.8 Å². The molecule has 1 unspecified atom stereocenters. The summed E-state index contributed by atoms with van der Waals surface area (Å²) in [6, 6.07) is 10.2. The Labute approximate surface area is 256 Å². The summed E-state index contributed by atoms with van der Waals surface area (Å²) < 4.78 is 79.9. The molecule has 12 nitrogen and oxygen atoms in total. The number of nitrogens with one attached hydrogen (secondary N) is 2. The van der Waals surface area contributed by atoms with Crippen molar-refractivity contribution in [3.05, 3.63) is 75.3 Å². The number of aliphatic hydroxyl groups is 1. The molecule has 1 aromatic heterocycles. The van der Waals surface area contributed by atoms with Gasteiger partial charge in [0.15, 0.2) is 6.10 Å². The van der Waals surface area contributed by atoms with Crippen LogP contribution in [0.5, 0.6) is 5.75 Å². The average Bonchev–Trinajstić information content (AvgIpc) is 3.38. The number of fused-ring (bicyclic) bond motifs is 1. The van der Waals surface area contributed by atoms with Gasteiger partial charge in [-0.3, -0.25) is 23.7 Å². The van der Waals surface area contributed by atoms with Gasteiger partial charge >= 0.3 is 19.4 Å². The van der Waals surface area contributed by atoms with Gasteiger partial charge in [-0.15, -0.1) is 0 Å². The number of hydrogen-bond donors (Lipinski definition) is 3. The maximum atomic E-state index is 14.6. The van der Waals surface area contributed by atoms with E-state index in [1.165, 1.54) is 13.0 Å². The zero-order valence-corrected chi connectivity index (χ0v) is 25.6. The molecule has 6 atom stereocenters. The third-order valence-electron chi connectivity index (χ3n) is 7.49. The number of ether oxygens (including phenoxy) is 2. The summed E-state index contributed by atoms with van der Waals surface area (Å²) >= 11 is 0. The molecule has 2 aromatic carbocycles. The number of benzene rings is 2. The van der Waals surface area contributed by atoms with E-state index in [0.717, 1.165) is 12.8 Å². The molecule has 1 saturated heterocycles. The second-order valence-corrected chi connectivity index (χ2v) is 12.3. The van der Waals surface area contributed by atoms with Crippen LogP contribution >= 0.6 is 7.75 Å². The number of aromatic amines is 1. The lowest BCUT2D eigenvalue weighted by Gasteiger charge is -2.30. The van der Waals surface area contributed by atoms with Crippen LogP contribution in [0.2, 0.25) is 0 Å². The predicted octanol–water partition coefficient (Wildman–Crippen LogP) is 4.27. The van der Waals surface area contributed by atoms with E-state index in [2.05, 4.69) is 5.09 Å². The van der Waals surface area contributed by atoms with Gasteiger partial charge in [-0.2, -0.15) is 9.48 Å². The number of aliphatic hydroxyl groups excluding tert-OH is 1. The molecule has 246 valence electrons.